The molecule has 1 aliphatic heterocycles. The van der Waals surface area contributed by atoms with E-state index in [1.807, 2.05) is 25.1 Å². The molecular formula is C14H20BrClN2O. The van der Waals surface area contributed by atoms with E-state index in [9.17, 15) is 4.79 Å². The van der Waals surface area contributed by atoms with E-state index in [1.54, 1.807) is 0 Å². The molecule has 1 aromatic rings. The highest BCUT2D eigenvalue weighted by molar-refractivity contribution is 9.10. The van der Waals surface area contributed by atoms with Crippen molar-refractivity contribution in [3.05, 3.63) is 33.8 Å². The first kappa shape index (κ1) is 16.5. The summed E-state index contributed by atoms with van der Waals surface area (Å²) in [7, 11) is 0. The van der Waals surface area contributed by atoms with Gasteiger partial charge in [0, 0.05) is 16.1 Å². The first-order valence-electron chi connectivity index (χ1n) is 6.35. The summed E-state index contributed by atoms with van der Waals surface area (Å²) in [6.45, 7) is 6.09. The molecule has 1 saturated heterocycles. The van der Waals surface area contributed by atoms with Crippen LogP contribution in [0.4, 0.5) is 0 Å². The summed E-state index contributed by atoms with van der Waals surface area (Å²) in [5.41, 5.74) is 1.77. The molecule has 0 aliphatic carbocycles. The molecule has 106 valence electrons. The predicted molar refractivity (Wildman–Crippen MR) is 84.0 cm³/mol. The Labute approximate surface area is 129 Å². The fourth-order valence-electron chi connectivity index (χ4n) is 2.36. The minimum atomic E-state index is 0. The third kappa shape index (κ3) is 4.20. The molecule has 3 nitrogen and oxygen atoms in total. The van der Waals surface area contributed by atoms with E-state index in [0.29, 0.717) is 5.92 Å². The molecule has 0 saturated carbocycles. The van der Waals surface area contributed by atoms with Gasteiger partial charge in [-0.25, -0.2) is 0 Å². The number of carbonyl (C=O) groups is 1. The van der Waals surface area contributed by atoms with Crippen LogP contribution in [-0.2, 0) is 0 Å². The zero-order valence-electron chi connectivity index (χ0n) is 11.2. The van der Waals surface area contributed by atoms with Crippen molar-refractivity contribution in [3.8, 4) is 0 Å². The lowest BCUT2D eigenvalue weighted by atomic mass is 9.95. The van der Waals surface area contributed by atoms with E-state index < -0.39 is 0 Å². The summed E-state index contributed by atoms with van der Waals surface area (Å²) in [5, 5.41) is 6.49. The summed E-state index contributed by atoms with van der Waals surface area (Å²) in [5.74, 6) is 0.525. The maximum Gasteiger partial charge on any atom is 0.251 e. The number of carbonyl (C=O) groups excluding carboxylic acids is 1. The Kier molecular flexibility index (Phi) is 6.30. The molecule has 0 radical (unpaired) electrons. The van der Waals surface area contributed by atoms with E-state index in [-0.39, 0.29) is 24.4 Å². The lowest BCUT2D eigenvalue weighted by molar-refractivity contribution is 0.0913. The molecule has 2 N–H and O–H groups in total. The SMILES string of the molecule is Cc1cc(Br)ccc1C(=O)NC1CCNCC1C.Cl. The van der Waals surface area contributed by atoms with Gasteiger partial charge in [-0.2, -0.15) is 0 Å². The van der Waals surface area contributed by atoms with Crippen molar-refractivity contribution >= 4 is 34.2 Å². The largest absolute Gasteiger partial charge is 0.349 e. The van der Waals surface area contributed by atoms with Crippen LogP contribution in [0.3, 0.4) is 0 Å². The van der Waals surface area contributed by atoms with Crippen molar-refractivity contribution in [2.24, 2.45) is 5.92 Å². The highest BCUT2D eigenvalue weighted by Gasteiger charge is 2.23. The van der Waals surface area contributed by atoms with Crippen LogP contribution in [0, 0.1) is 12.8 Å². The number of amides is 1. The minimum absolute atomic E-state index is 0. The highest BCUT2D eigenvalue weighted by atomic mass is 79.9. The first-order valence-corrected chi connectivity index (χ1v) is 7.15. The third-order valence-electron chi connectivity index (χ3n) is 3.53. The van der Waals surface area contributed by atoms with Gasteiger partial charge in [0.05, 0.1) is 0 Å². The van der Waals surface area contributed by atoms with E-state index in [4.69, 9.17) is 0 Å². The van der Waals surface area contributed by atoms with Crippen molar-refractivity contribution in [2.45, 2.75) is 26.3 Å². The lowest BCUT2D eigenvalue weighted by Crippen LogP contribution is -2.48. The zero-order valence-corrected chi connectivity index (χ0v) is 13.6. The molecule has 1 amide bonds. The molecule has 1 aliphatic rings. The van der Waals surface area contributed by atoms with Crippen LogP contribution in [0.25, 0.3) is 0 Å². The lowest BCUT2D eigenvalue weighted by Gasteiger charge is -2.30. The molecule has 0 bridgehead atoms. The number of hydrogen-bond donors (Lipinski definition) is 2. The van der Waals surface area contributed by atoms with Crippen molar-refractivity contribution < 1.29 is 4.79 Å². The number of piperidine rings is 1. The minimum Gasteiger partial charge on any atom is -0.349 e. The van der Waals surface area contributed by atoms with Crippen LogP contribution in [-0.4, -0.2) is 25.0 Å². The van der Waals surface area contributed by atoms with Gasteiger partial charge in [0.25, 0.3) is 5.91 Å². The van der Waals surface area contributed by atoms with Gasteiger partial charge in [0.15, 0.2) is 0 Å². The Morgan fingerprint density at radius 1 is 1.47 bits per heavy atom. The fraction of sp³-hybridized carbons (Fsp3) is 0.500. The fourth-order valence-corrected chi connectivity index (χ4v) is 2.83. The van der Waals surface area contributed by atoms with Gasteiger partial charge < -0.3 is 10.6 Å². The van der Waals surface area contributed by atoms with Crippen molar-refractivity contribution in [2.75, 3.05) is 13.1 Å². The maximum absolute atomic E-state index is 12.2. The number of halogens is 2. The number of benzene rings is 1. The highest BCUT2D eigenvalue weighted by Crippen LogP contribution is 2.17. The molecule has 2 atom stereocenters. The second-order valence-corrected chi connectivity index (χ2v) is 5.92. The average molecular weight is 348 g/mol. The number of nitrogens with one attached hydrogen (secondary N) is 2. The van der Waals surface area contributed by atoms with Crippen LogP contribution < -0.4 is 10.6 Å². The molecule has 5 heteroatoms. The van der Waals surface area contributed by atoms with Gasteiger partial charge in [0.2, 0.25) is 0 Å². The summed E-state index contributed by atoms with van der Waals surface area (Å²) in [6, 6.07) is 6.04. The van der Waals surface area contributed by atoms with E-state index in [1.165, 1.54) is 0 Å². The number of hydrogen-bond acceptors (Lipinski definition) is 2. The topological polar surface area (TPSA) is 41.1 Å². The van der Waals surface area contributed by atoms with Gasteiger partial charge in [-0.1, -0.05) is 22.9 Å². The zero-order chi connectivity index (χ0) is 13.1. The Morgan fingerprint density at radius 2 is 2.21 bits per heavy atom. The van der Waals surface area contributed by atoms with Crippen LogP contribution >= 0.6 is 28.3 Å². The summed E-state index contributed by atoms with van der Waals surface area (Å²) < 4.78 is 1.01. The predicted octanol–water partition coefficient (Wildman–Crippen LogP) is 2.91. The van der Waals surface area contributed by atoms with Crippen molar-refractivity contribution in [3.63, 3.8) is 0 Å². The van der Waals surface area contributed by atoms with Gasteiger partial charge in [-0.15, -0.1) is 12.4 Å². The molecule has 1 heterocycles. The number of rotatable bonds is 2. The molecule has 1 aromatic carbocycles. The van der Waals surface area contributed by atoms with Gasteiger partial charge >= 0.3 is 0 Å². The maximum atomic E-state index is 12.2. The molecule has 2 rings (SSSR count). The first-order chi connectivity index (χ1) is 8.58. The quantitative estimate of drug-likeness (QED) is 0.863. The summed E-state index contributed by atoms with van der Waals surface area (Å²) in [4.78, 5) is 12.2. The monoisotopic (exact) mass is 346 g/mol. The Morgan fingerprint density at radius 3 is 2.84 bits per heavy atom. The smallest absolute Gasteiger partial charge is 0.251 e. The van der Waals surface area contributed by atoms with Gasteiger partial charge in [0.1, 0.15) is 0 Å². The van der Waals surface area contributed by atoms with E-state index in [2.05, 4.69) is 33.5 Å². The Balaban J connectivity index is 0.00000180. The Hall–Kier alpha value is -0.580. The standard InChI is InChI=1S/C14H19BrN2O.ClH/c1-9-7-11(15)3-4-12(9)14(18)17-13-5-6-16-8-10(13)2;/h3-4,7,10,13,16H,5-6,8H2,1-2H3,(H,17,18);1H. The van der Waals surface area contributed by atoms with Crippen molar-refractivity contribution in [1.82, 2.24) is 10.6 Å². The van der Waals surface area contributed by atoms with E-state index in [0.717, 1.165) is 35.1 Å². The second-order valence-electron chi connectivity index (χ2n) is 5.01. The van der Waals surface area contributed by atoms with Crippen LogP contribution in [0.15, 0.2) is 22.7 Å². The van der Waals surface area contributed by atoms with Crippen molar-refractivity contribution in [1.29, 1.82) is 0 Å². The average Bonchev–Trinajstić information content (AvgIpc) is 2.32. The molecule has 0 spiro atoms. The third-order valence-corrected chi connectivity index (χ3v) is 4.03. The molecule has 19 heavy (non-hydrogen) atoms. The van der Waals surface area contributed by atoms with Crippen LogP contribution in [0.2, 0.25) is 0 Å². The summed E-state index contributed by atoms with van der Waals surface area (Å²) >= 11 is 3.41. The molecule has 0 aromatic heterocycles. The second kappa shape index (κ2) is 7.27. The van der Waals surface area contributed by atoms with E-state index >= 15 is 0 Å². The number of aryl methyl sites for hydroxylation is 1. The Bertz CT molecular complexity index is 453. The van der Waals surface area contributed by atoms with Crippen LogP contribution in [0.1, 0.15) is 29.3 Å². The molecule has 1 fully saturated rings. The molecular weight excluding hydrogens is 328 g/mol. The van der Waals surface area contributed by atoms with Gasteiger partial charge in [-0.05, 0) is 56.1 Å². The summed E-state index contributed by atoms with van der Waals surface area (Å²) in [6.07, 6.45) is 1.00. The van der Waals surface area contributed by atoms with Gasteiger partial charge in [-0.3, -0.25) is 4.79 Å². The molecule has 2 unspecified atom stereocenters. The van der Waals surface area contributed by atoms with Crippen LogP contribution in [0.5, 0.6) is 0 Å². The normalized spacial score (nSPS) is 22.5.